The Morgan fingerprint density at radius 3 is 2.76 bits per heavy atom. The molecule has 0 amide bonds. The molecule has 1 aliphatic heterocycles. The van der Waals surface area contributed by atoms with Crippen LogP contribution >= 0.6 is 23.1 Å². The van der Waals surface area contributed by atoms with Gasteiger partial charge in [0, 0.05) is 33.6 Å². The molecule has 4 nitrogen and oxygen atoms in total. The predicted octanol–water partition coefficient (Wildman–Crippen LogP) is 6.01. The molecule has 3 aromatic rings. The van der Waals surface area contributed by atoms with Crippen LogP contribution in [0.4, 0.5) is 11.4 Å². The molecule has 0 N–H and O–H groups in total. The van der Waals surface area contributed by atoms with Gasteiger partial charge in [0.15, 0.2) is 0 Å². The van der Waals surface area contributed by atoms with Crippen LogP contribution in [-0.4, -0.2) is 10.6 Å². The van der Waals surface area contributed by atoms with E-state index < -0.39 is 0 Å². The second-order valence-electron chi connectivity index (χ2n) is 5.67. The van der Waals surface area contributed by atoms with Crippen LogP contribution in [0.2, 0.25) is 0 Å². The largest absolute Gasteiger partial charge is 0.269 e. The van der Waals surface area contributed by atoms with E-state index in [1.54, 1.807) is 35.2 Å². The minimum atomic E-state index is -0.340. The van der Waals surface area contributed by atoms with Crippen LogP contribution in [0.25, 0.3) is 0 Å². The molecule has 4 rings (SSSR count). The molecule has 2 heterocycles. The Kier molecular flexibility index (Phi) is 4.38. The van der Waals surface area contributed by atoms with Crippen LogP contribution in [0.3, 0.4) is 0 Å². The van der Waals surface area contributed by atoms with Crippen molar-refractivity contribution in [3.05, 3.63) is 86.6 Å². The highest BCUT2D eigenvalue weighted by molar-refractivity contribution is 7.99. The quantitative estimate of drug-likeness (QED) is 0.421. The zero-order valence-electron chi connectivity index (χ0n) is 13.2. The third-order valence-electron chi connectivity index (χ3n) is 4.03. The van der Waals surface area contributed by atoms with Gasteiger partial charge in [0.1, 0.15) is 0 Å². The summed E-state index contributed by atoms with van der Waals surface area (Å²) >= 11 is 3.39. The molecule has 0 unspecified atom stereocenters. The Bertz CT molecular complexity index is 952. The molecular formula is C19H14N2O2S2. The van der Waals surface area contributed by atoms with Crippen molar-refractivity contribution < 1.29 is 4.92 Å². The number of hydrogen-bond acceptors (Lipinski definition) is 5. The van der Waals surface area contributed by atoms with E-state index in [2.05, 4.69) is 12.1 Å². The highest BCUT2D eigenvalue weighted by atomic mass is 32.2. The minimum Gasteiger partial charge on any atom is -0.258 e. The van der Waals surface area contributed by atoms with Gasteiger partial charge in [-0.05, 0) is 29.1 Å². The van der Waals surface area contributed by atoms with Crippen molar-refractivity contribution >= 4 is 40.2 Å². The number of rotatable bonds is 3. The Labute approximate surface area is 153 Å². The van der Waals surface area contributed by atoms with E-state index in [-0.39, 0.29) is 15.9 Å². The maximum atomic E-state index is 11.1. The van der Waals surface area contributed by atoms with E-state index in [4.69, 9.17) is 4.99 Å². The molecule has 0 fully saturated rings. The number of thiophene rings is 1. The molecule has 0 saturated carbocycles. The summed E-state index contributed by atoms with van der Waals surface area (Å²) in [6.07, 6.45) is 0.737. The third kappa shape index (κ3) is 3.36. The number of aliphatic imine (C=N–C) groups is 1. The summed E-state index contributed by atoms with van der Waals surface area (Å²) in [7, 11) is 0. The van der Waals surface area contributed by atoms with Gasteiger partial charge >= 0.3 is 0 Å². The van der Waals surface area contributed by atoms with Gasteiger partial charge in [0.25, 0.3) is 5.69 Å². The maximum Gasteiger partial charge on any atom is 0.269 e. The number of hydrogen-bond donors (Lipinski definition) is 0. The van der Waals surface area contributed by atoms with Crippen molar-refractivity contribution in [1.82, 2.24) is 0 Å². The van der Waals surface area contributed by atoms with Crippen LogP contribution in [-0.2, 0) is 0 Å². The number of thioether (sulfide) groups is 1. The number of nitrogens with zero attached hydrogens (tertiary/aromatic N) is 2. The summed E-state index contributed by atoms with van der Waals surface area (Å²) in [5, 5.41) is 13.3. The lowest BCUT2D eigenvalue weighted by Crippen LogP contribution is -2.04. The van der Waals surface area contributed by atoms with Gasteiger partial charge in [-0.15, -0.1) is 23.1 Å². The lowest BCUT2D eigenvalue weighted by molar-refractivity contribution is -0.384. The number of nitro groups is 1. The lowest BCUT2D eigenvalue weighted by atomic mass is 10.0. The molecule has 1 atom stereocenters. The number of non-ortho nitro benzene ring substituents is 1. The first-order valence-corrected chi connectivity index (χ1v) is 9.58. The number of benzene rings is 2. The summed E-state index contributed by atoms with van der Waals surface area (Å²) in [6, 6.07) is 19.1. The summed E-state index contributed by atoms with van der Waals surface area (Å²) in [4.78, 5) is 17.9. The Morgan fingerprint density at radius 1 is 1.08 bits per heavy atom. The highest BCUT2D eigenvalue weighted by Gasteiger charge is 2.24. The summed E-state index contributed by atoms with van der Waals surface area (Å²) < 4.78 is 0. The fourth-order valence-electron chi connectivity index (χ4n) is 2.83. The highest BCUT2D eigenvalue weighted by Crippen LogP contribution is 2.46. The fraction of sp³-hybridized carbons (Fsp3) is 0.105. The molecule has 0 bridgehead atoms. The van der Waals surface area contributed by atoms with E-state index in [0.717, 1.165) is 33.2 Å². The second-order valence-corrected chi connectivity index (χ2v) is 7.86. The normalized spacial score (nSPS) is 16.6. The lowest BCUT2D eigenvalue weighted by Gasteiger charge is -2.15. The summed E-state index contributed by atoms with van der Waals surface area (Å²) in [5.74, 6) is 0. The van der Waals surface area contributed by atoms with Crippen molar-refractivity contribution in [3.63, 3.8) is 0 Å². The van der Waals surface area contributed by atoms with Gasteiger partial charge in [-0.2, -0.15) is 0 Å². The average molecular weight is 366 g/mol. The van der Waals surface area contributed by atoms with E-state index in [1.165, 1.54) is 6.07 Å². The summed E-state index contributed by atoms with van der Waals surface area (Å²) in [6.45, 7) is 0. The summed E-state index contributed by atoms with van der Waals surface area (Å²) in [5.41, 5.74) is 3.08. The molecule has 0 aliphatic carbocycles. The van der Waals surface area contributed by atoms with E-state index >= 15 is 0 Å². The van der Waals surface area contributed by atoms with Crippen molar-refractivity contribution in [2.45, 2.75) is 16.6 Å². The predicted molar refractivity (Wildman–Crippen MR) is 103 cm³/mol. The molecule has 1 aliphatic rings. The van der Waals surface area contributed by atoms with Gasteiger partial charge < -0.3 is 0 Å². The van der Waals surface area contributed by atoms with Crippen LogP contribution in [0.5, 0.6) is 0 Å². The van der Waals surface area contributed by atoms with Crippen LogP contribution in [0.1, 0.15) is 22.1 Å². The zero-order chi connectivity index (χ0) is 17.2. The fourth-order valence-corrected chi connectivity index (χ4v) is 4.78. The van der Waals surface area contributed by atoms with Crippen molar-refractivity contribution in [2.24, 2.45) is 4.99 Å². The Balaban J connectivity index is 1.79. The first kappa shape index (κ1) is 16.1. The van der Waals surface area contributed by atoms with Crippen molar-refractivity contribution in [3.8, 4) is 0 Å². The van der Waals surface area contributed by atoms with Crippen molar-refractivity contribution in [2.75, 3.05) is 0 Å². The zero-order valence-corrected chi connectivity index (χ0v) is 14.8. The molecule has 0 saturated heterocycles. The molecule has 6 heteroatoms. The number of fused-ring (bicyclic) bond motifs is 1. The van der Waals surface area contributed by atoms with Crippen LogP contribution in [0, 0.1) is 10.1 Å². The standard InChI is InChI=1S/C19H14N2O2S2/c22-21(23)14-6-3-5-13(11-14)19-12-16(17-9-4-10-24-17)20-15-7-1-2-8-18(15)25-19/h1-11,19H,12H2/t19-/m0/s1. The first-order chi connectivity index (χ1) is 12.2. The molecule has 0 spiro atoms. The Hall–Kier alpha value is -2.44. The first-order valence-electron chi connectivity index (χ1n) is 7.82. The molecule has 124 valence electrons. The van der Waals surface area contributed by atoms with Crippen LogP contribution in [0.15, 0.2) is 75.9 Å². The molecule has 0 radical (unpaired) electrons. The van der Waals surface area contributed by atoms with E-state index in [1.807, 2.05) is 35.7 Å². The average Bonchev–Trinajstić information content (AvgIpc) is 3.09. The van der Waals surface area contributed by atoms with Gasteiger partial charge in [-0.1, -0.05) is 30.3 Å². The molecule has 2 aromatic carbocycles. The van der Waals surface area contributed by atoms with E-state index in [9.17, 15) is 10.1 Å². The van der Waals surface area contributed by atoms with Gasteiger partial charge in [0.05, 0.1) is 16.3 Å². The minimum absolute atomic E-state index is 0.0874. The van der Waals surface area contributed by atoms with Gasteiger partial charge in [0.2, 0.25) is 0 Å². The molecule has 1 aromatic heterocycles. The monoisotopic (exact) mass is 366 g/mol. The van der Waals surface area contributed by atoms with Gasteiger partial charge in [-0.3, -0.25) is 15.1 Å². The van der Waals surface area contributed by atoms with Gasteiger partial charge in [-0.25, -0.2) is 0 Å². The van der Waals surface area contributed by atoms with Crippen LogP contribution < -0.4 is 0 Å². The third-order valence-corrected chi connectivity index (χ3v) is 6.27. The van der Waals surface area contributed by atoms with E-state index in [0.29, 0.717) is 0 Å². The molecular weight excluding hydrogens is 352 g/mol. The number of para-hydroxylation sites is 1. The second kappa shape index (κ2) is 6.82. The number of nitro benzene ring substituents is 1. The smallest absolute Gasteiger partial charge is 0.258 e. The topological polar surface area (TPSA) is 55.5 Å². The Morgan fingerprint density at radius 2 is 1.96 bits per heavy atom. The van der Waals surface area contributed by atoms with Crippen molar-refractivity contribution in [1.29, 1.82) is 0 Å². The SMILES string of the molecule is O=[N+]([O-])c1cccc([C@@H]2CC(c3cccs3)=Nc3ccccc3S2)c1. The molecule has 25 heavy (non-hydrogen) atoms. The maximum absolute atomic E-state index is 11.1.